The Balaban J connectivity index is 1.80. The summed E-state index contributed by atoms with van der Waals surface area (Å²) < 4.78 is 6.06. The predicted octanol–water partition coefficient (Wildman–Crippen LogP) is 9.30. The molecule has 5 rings (SSSR count). The van der Waals surface area contributed by atoms with Gasteiger partial charge in [-0.25, -0.2) is 4.98 Å². The van der Waals surface area contributed by atoms with Gasteiger partial charge in [-0.15, -0.1) is 0 Å². The van der Waals surface area contributed by atoms with E-state index in [2.05, 4.69) is 114 Å². The lowest BCUT2D eigenvalue weighted by atomic mass is 9.84. The third-order valence-corrected chi connectivity index (χ3v) is 7.42. The first-order chi connectivity index (χ1) is 18.4. The average molecular weight is 516 g/mol. The molecule has 0 aliphatic carbocycles. The Labute approximate surface area is 231 Å². The molecule has 3 nitrogen and oxygen atoms in total. The molecule has 0 amide bonds. The lowest BCUT2D eigenvalue weighted by Gasteiger charge is -2.24. The van der Waals surface area contributed by atoms with Gasteiger partial charge in [-0.3, -0.25) is 4.79 Å². The largest absolute Gasteiger partial charge is 0.453 e. The standard InChI is InChI=1S/C36H37NO2/c1-23(38)39-34(25-17-21-27(22-18-25)36(5,6)7)29-12-10-14-31-33(29)32(28-11-8-9-13-30(28)37-31)24-15-19-26(20-16-24)35(2,3)4/h8-22,34H,1-7H3. The molecule has 1 aromatic heterocycles. The number of carbonyl (C=O) groups excluding carboxylic acids is 1. The molecular formula is C36H37NO2. The molecule has 0 fully saturated rings. The van der Waals surface area contributed by atoms with Crippen LogP contribution in [0.4, 0.5) is 0 Å². The molecule has 0 aliphatic heterocycles. The van der Waals surface area contributed by atoms with Crippen LogP contribution < -0.4 is 0 Å². The number of pyridine rings is 1. The number of fused-ring (bicyclic) bond motifs is 2. The quantitative estimate of drug-likeness (QED) is 0.177. The number of esters is 1. The number of rotatable bonds is 4. The maximum Gasteiger partial charge on any atom is 0.303 e. The molecule has 0 radical (unpaired) electrons. The number of hydrogen-bond acceptors (Lipinski definition) is 3. The van der Waals surface area contributed by atoms with Gasteiger partial charge >= 0.3 is 5.97 Å². The van der Waals surface area contributed by atoms with Crippen LogP contribution in [0, 0.1) is 0 Å². The second kappa shape index (κ2) is 9.96. The molecule has 3 heteroatoms. The van der Waals surface area contributed by atoms with E-state index in [0.29, 0.717) is 0 Å². The summed E-state index contributed by atoms with van der Waals surface area (Å²) in [7, 11) is 0. The van der Waals surface area contributed by atoms with Crippen LogP contribution in [0.1, 0.15) is 76.8 Å². The number of hydrogen-bond donors (Lipinski definition) is 0. The average Bonchev–Trinajstić information content (AvgIpc) is 2.89. The van der Waals surface area contributed by atoms with Crippen molar-refractivity contribution in [3.8, 4) is 11.1 Å². The molecule has 0 N–H and O–H groups in total. The van der Waals surface area contributed by atoms with E-state index in [1.54, 1.807) is 0 Å². The van der Waals surface area contributed by atoms with Crippen LogP contribution in [0.3, 0.4) is 0 Å². The Hall–Kier alpha value is -3.98. The Morgan fingerprint density at radius 2 is 1.26 bits per heavy atom. The number of benzene rings is 4. The monoisotopic (exact) mass is 515 g/mol. The molecular weight excluding hydrogens is 478 g/mol. The van der Waals surface area contributed by atoms with E-state index in [4.69, 9.17) is 9.72 Å². The summed E-state index contributed by atoms with van der Waals surface area (Å²) in [6.45, 7) is 14.8. The summed E-state index contributed by atoms with van der Waals surface area (Å²) in [5.74, 6) is -0.318. The van der Waals surface area contributed by atoms with Crippen molar-refractivity contribution in [1.29, 1.82) is 0 Å². The summed E-state index contributed by atoms with van der Waals surface area (Å²) in [6, 6.07) is 31.7. The zero-order valence-corrected chi connectivity index (χ0v) is 24.0. The summed E-state index contributed by atoms with van der Waals surface area (Å²) in [4.78, 5) is 17.5. The molecule has 4 aromatic carbocycles. The second-order valence-electron chi connectivity index (χ2n) is 12.4. The van der Waals surface area contributed by atoms with Gasteiger partial charge in [-0.2, -0.15) is 0 Å². The molecule has 0 spiro atoms. The Kier molecular flexibility index (Phi) is 6.80. The van der Waals surface area contributed by atoms with Gasteiger partial charge in [0.1, 0.15) is 0 Å². The van der Waals surface area contributed by atoms with Crippen LogP contribution in [-0.2, 0) is 20.4 Å². The third-order valence-electron chi connectivity index (χ3n) is 7.42. The molecule has 0 saturated heterocycles. The summed E-state index contributed by atoms with van der Waals surface area (Å²) in [5, 5.41) is 2.08. The first-order valence-corrected chi connectivity index (χ1v) is 13.6. The Morgan fingerprint density at radius 1 is 0.692 bits per heavy atom. The molecule has 1 heterocycles. The SMILES string of the molecule is CC(=O)OC(c1ccc(C(C)(C)C)cc1)c1cccc2nc3ccccc3c(-c3ccc(C(C)(C)C)cc3)c12. The highest BCUT2D eigenvalue weighted by molar-refractivity contribution is 6.11. The first-order valence-electron chi connectivity index (χ1n) is 13.6. The fourth-order valence-electron chi connectivity index (χ4n) is 5.26. The molecule has 5 aromatic rings. The highest BCUT2D eigenvalue weighted by Crippen LogP contribution is 2.41. The van der Waals surface area contributed by atoms with Crippen molar-refractivity contribution in [2.75, 3.05) is 0 Å². The number of nitrogens with zero attached hydrogens (tertiary/aromatic N) is 1. The van der Waals surface area contributed by atoms with Crippen molar-refractivity contribution in [1.82, 2.24) is 4.98 Å². The van der Waals surface area contributed by atoms with E-state index in [9.17, 15) is 4.79 Å². The smallest absolute Gasteiger partial charge is 0.303 e. The fourth-order valence-corrected chi connectivity index (χ4v) is 5.26. The number of aromatic nitrogens is 1. The molecule has 198 valence electrons. The van der Waals surface area contributed by atoms with Crippen molar-refractivity contribution in [3.05, 3.63) is 113 Å². The maximum atomic E-state index is 12.4. The summed E-state index contributed by atoms with van der Waals surface area (Å²) in [6.07, 6.45) is -0.559. The van der Waals surface area contributed by atoms with E-state index in [1.807, 2.05) is 18.2 Å². The van der Waals surface area contributed by atoms with Crippen molar-refractivity contribution < 1.29 is 9.53 Å². The number of ether oxygens (including phenoxy) is 1. The van der Waals surface area contributed by atoms with Crippen LogP contribution >= 0.6 is 0 Å². The van der Waals surface area contributed by atoms with Gasteiger partial charge in [0, 0.05) is 28.8 Å². The predicted molar refractivity (Wildman–Crippen MR) is 162 cm³/mol. The van der Waals surface area contributed by atoms with Crippen molar-refractivity contribution in [2.24, 2.45) is 0 Å². The minimum atomic E-state index is -0.559. The molecule has 1 unspecified atom stereocenters. The lowest BCUT2D eigenvalue weighted by Crippen LogP contribution is -2.13. The Morgan fingerprint density at radius 3 is 1.85 bits per heavy atom. The molecule has 0 bridgehead atoms. The van der Waals surface area contributed by atoms with Gasteiger partial charge in [0.05, 0.1) is 11.0 Å². The molecule has 0 aliphatic rings. The van der Waals surface area contributed by atoms with E-state index in [1.165, 1.54) is 18.1 Å². The fraction of sp³-hybridized carbons (Fsp3) is 0.278. The third kappa shape index (κ3) is 5.31. The van der Waals surface area contributed by atoms with Gasteiger partial charge in [-0.1, -0.05) is 120 Å². The summed E-state index contributed by atoms with van der Waals surface area (Å²) >= 11 is 0. The Bertz CT molecular complexity index is 1650. The van der Waals surface area contributed by atoms with Gasteiger partial charge in [-0.05, 0) is 45.2 Å². The van der Waals surface area contributed by atoms with Crippen LogP contribution in [0.5, 0.6) is 0 Å². The van der Waals surface area contributed by atoms with Gasteiger partial charge in [0.15, 0.2) is 6.10 Å². The van der Waals surface area contributed by atoms with Crippen molar-refractivity contribution in [3.63, 3.8) is 0 Å². The topological polar surface area (TPSA) is 39.2 Å². The van der Waals surface area contributed by atoms with E-state index >= 15 is 0 Å². The van der Waals surface area contributed by atoms with Gasteiger partial charge in [0.25, 0.3) is 0 Å². The van der Waals surface area contributed by atoms with Crippen molar-refractivity contribution >= 4 is 27.8 Å². The number of para-hydroxylation sites is 1. The minimum absolute atomic E-state index is 0.0319. The molecule has 0 saturated carbocycles. The zero-order chi connectivity index (χ0) is 27.9. The molecule has 1 atom stereocenters. The van der Waals surface area contributed by atoms with Crippen LogP contribution in [0.2, 0.25) is 0 Å². The minimum Gasteiger partial charge on any atom is -0.453 e. The van der Waals surface area contributed by atoms with E-state index in [-0.39, 0.29) is 16.8 Å². The van der Waals surface area contributed by atoms with Crippen LogP contribution in [0.15, 0.2) is 91.0 Å². The number of carbonyl (C=O) groups is 1. The highest BCUT2D eigenvalue weighted by Gasteiger charge is 2.25. The van der Waals surface area contributed by atoms with E-state index < -0.39 is 6.10 Å². The first kappa shape index (κ1) is 26.6. The van der Waals surface area contributed by atoms with Gasteiger partial charge < -0.3 is 4.74 Å². The summed E-state index contributed by atoms with van der Waals surface area (Å²) in [5.41, 5.74) is 8.52. The zero-order valence-electron chi connectivity index (χ0n) is 24.0. The highest BCUT2D eigenvalue weighted by atomic mass is 16.5. The maximum absolute atomic E-state index is 12.4. The van der Waals surface area contributed by atoms with Crippen molar-refractivity contribution in [2.45, 2.75) is 65.4 Å². The van der Waals surface area contributed by atoms with E-state index in [0.717, 1.165) is 44.1 Å². The van der Waals surface area contributed by atoms with Crippen LogP contribution in [-0.4, -0.2) is 11.0 Å². The second-order valence-corrected chi connectivity index (χ2v) is 12.4. The van der Waals surface area contributed by atoms with Crippen LogP contribution in [0.25, 0.3) is 32.9 Å². The lowest BCUT2D eigenvalue weighted by molar-refractivity contribution is -0.144. The molecule has 39 heavy (non-hydrogen) atoms. The van der Waals surface area contributed by atoms with Gasteiger partial charge in [0.2, 0.25) is 0 Å². The normalized spacial score (nSPS) is 13.0.